The fourth-order valence-electron chi connectivity index (χ4n) is 3.71. The lowest BCUT2D eigenvalue weighted by atomic mass is 10.2. The number of carbonyl (C=O) groups excluding carboxylic acids is 1. The molecule has 1 aliphatic rings. The number of nitrogens with zero attached hydrogens (tertiary/aromatic N) is 5. The summed E-state index contributed by atoms with van der Waals surface area (Å²) in [6, 6.07) is 15.0. The minimum atomic E-state index is -3.57. The van der Waals surface area contributed by atoms with Crippen molar-refractivity contribution in [2.75, 3.05) is 31.9 Å². The van der Waals surface area contributed by atoms with Crippen molar-refractivity contribution in [1.29, 1.82) is 0 Å². The zero-order valence-electron chi connectivity index (χ0n) is 18.0. The van der Waals surface area contributed by atoms with E-state index >= 15 is 0 Å². The van der Waals surface area contributed by atoms with Crippen molar-refractivity contribution in [1.82, 2.24) is 24.0 Å². The van der Waals surface area contributed by atoms with E-state index < -0.39 is 10.0 Å². The molecule has 0 N–H and O–H groups in total. The van der Waals surface area contributed by atoms with Gasteiger partial charge in [0.1, 0.15) is 6.33 Å². The average Bonchev–Trinajstić information content (AvgIpc) is 3.26. The highest BCUT2D eigenvalue weighted by Gasteiger charge is 2.31. The van der Waals surface area contributed by atoms with Crippen molar-refractivity contribution in [2.45, 2.75) is 23.9 Å². The molecule has 3 aromatic rings. The third kappa shape index (κ3) is 4.72. The Bertz CT molecular complexity index is 1200. The van der Waals surface area contributed by atoms with Gasteiger partial charge in [0.05, 0.1) is 10.6 Å². The number of amides is 1. The van der Waals surface area contributed by atoms with E-state index in [1.54, 1.807) is 17.3 Å². The van der Waals surface area contributed by atoms with Gasteiger partial charge in [0, 0.05) is 31.9 Å². The van der Waals surface area contributed by atoms with Crippen molar-refractivity contribution >= 4 is 27.7 Å². The van der Waals surface area contributed by atoms with Crippen LogP contribution in [0.4, 0.5) is 0 Å². The molecule has 32 heavy (non-hydrogen) atoms. The minimum Gasteiger partial charge on any atom is -0.339 e. The van der Waals surface area contributed by atoms with Crippen LogP contribution in [-0.2, 0) is 14.8 Å². The zero-order chi connectivity index (χ0) is 22.7. The first kappa shape index (κ1) is 22.5. The Labute approximate surface area is 192 Å². The molecule has 0 spiro atoms. The summed E-state index contributed by atoms with van der Waals surface area (Å²) in [5.74, 6) is 0.177. The lowest BCUT2D eigenvalue weighted by molar-refractivity contribution is -0.129. The maximum absolute atomic E-state index is 13.0. The van der Waals surface area contributed by atoms with Gasteiger partial charge >= 0.3 is 0 Å². The molecule has 0 saturated carbocycles. The fraction of sp³-hybridized carbons (Fsp3) is 0.318. The Hall–Kier alpha value is -2.69. The van der Waals surface area contributed by atoms with Crippen molar-refractivity contribution in [3.05, 3.63) is 66.0 Å². The summed E-state index contributed by atoms with van der Waals surface area (Å²) in [7, 11) is -3.57. The van der Waals surface area contributed by atoms with Crippen LogP contribution in [0, 0.1) is 13.8 Å². The summed E-state index contributed by atoms with van der Waals surface area (Å²) in [6.07, 6.45) is 1.62. The van der Waals surface area contributed by atoms with E-state index in [1.807, 2.05) is 60.9 Å². The van der Waals surface area contributed by atoms with Crippen LogP contribution in [0.1, 0.15) is 11.1 Å². The first-order chi connectivity index (χ1) is 15.4. The normalized spacial score (nSPS) is 15.1. The highest BCUT2D eigenvalue weighted by atomic mass is 32.2. The molecule has 168 valence electrons. The largest absolute Gasteiger partial charge is 0.339 e. The number of para-hydroxylation sites is 1. The third-order valence-electron chi connectivity index (χ3n) is 5.42. The standard InChI is InChI=1S/C22H25N5O3S2/c1-17-8-9-20(18(2)14-17)32(29,30)26-12-10-25(11-13-26)21(28)15-31-22-24-23-16-27(22)19-6-4-3-5-7-19/h3-9,14,16H,10-13,15H2,1-2H3. The van der Waals surface area contributed by atoms with Gasteiger partial charge in [0.2, 0.25) is 15.9 Å². The van der Waals surface area contributed by atoms with E-state index in [-0.39, 0.29) is 24.7 Å². The van der Waals surface area contributed by atoms with E-state index in [0.29, 0.717) is 23.1 Å². The SMILES string of the molecule is Cc1ccc(S(=O)(=O)N2CCN(C(=O)CSc3nncn3-c3ccccc3)CC2)c(C)c1. The quantitative estimate of drug-likeness (QED) is 0.514. The number of sulfonamides is 1. The number of piperazine rings is 1. The number of benzene rings is 2. The molecule has 2 heterocycles. The van der Waals surface area contributed by atoms with Crippen molar-refractivity contribution in [3.63, 3.8) is 0 Å². The molecular weight excluding hydrogens is 446 g/mol. The number of carbonyl (C=O) groups is 1. The van der Waals surface area contributed by atoms with Crippen LogP contribution in [-0.4, -0.2) is 70.2 Å². The molecule has 0 radical (unpaired) electrons. The van der Waals surface area contributed by atoms with Crippen molar-refractivity contribution in [3.8, 4) is 5.69 Å². The summed E-state index contributed by atoms with van der Waals surface area (Å²) in [5, 5.41) is 8.72. The van der Waals surface area contributed by atoms with Crippen LogP contribution in [0.3, 0.4) is 0 Å². The Morgan fingerprint density at radius 2 is 1.75 bits per heavy atom. The lowest BCUT2D eigenvalue weighted by Crippen LogP contribution is -2.51. The molecule has 4 rings (SSSR count). The Morgan fingerprint density at radius 3 is 2.44 bits per heavy atom. The molecule has 1 saturated heterocycles. The van der Waals surface area contributed by atoms with E-state index in [2.05, 4.69) is 10.2 Å². The van der Waals surface area contributed by atoms with Gasteiger partial charge in [-0.3, -0.25) is 9.36 Å². The van der Waals surface area contributed by atoms with Gasteiger partial charge in [-0.1, -0.05) is 47.7 Å². The number of hydrogen-bond donors (Lipinski definition) is 0. The molecule has 8 nitrogen and oxygen atoms in total. The van der Waals surface area contributed by atoms with Crippen LogP contribution in [0.15, 0.2) is 64.9 Å². The molecule has 2 aromatic carbocycles. The van der Waals surface area contributed by atoms with E-state index in [1.165, 1.54) is 16.1 Å². The number of aromatic nitrogens is 3. The third-order valence-corrected chi connectivity index (χ3v) is 8.40. The predicted octanol–water partition coefficient (Wildman–Crippen LogP) is 2.51. The van der Waals surface area contributed by atoms with E-state index in [4.69, 9.17) is 0 Å². The number of hydrogen-bond acceptors (Lipinski definition) is 6. The highest BCUT2D eigenvalue weighted by Crippen LogP contribution is 2.23. The highest BCUT2D eigenvalue weighted by molar-refractivity contribution is 7.99. The number of aryl methyl sites for hydroxylation is 2. The summed E-state index contributed by atoms with van der Waals surface area (Å²) >= 11 is 1.32. The maximum atomic E-state index is 13.0. The molecular formula is C22H25N5O3S2. The topological polar surface area (TPSA) is 88.4 Å². The second kappa shape index (κ2) is 9.43. The van der Waals surface area contributed by atoms with Crippen LogP contribution in [0.5, 0.6) is 0 Å². The van der Waals surface area contributed by atoms with Crippen LogP contribution in [0.25, 0.3) is 5.69 Å². The van der Waals surface area contributed by atoms with Gasteiger partial charge < -0.3 is 4.90 Å². The monoisotopic (exact) mass is 471 g/mol. The maximum Gasteiger partial charge on any atom is 0.243 e. The van der Waals surface area contributed by atoms with Gasteiger partial charge in [-0.25, -0.2) is 8.42 Å². The molecule has 0 aliphatic carbocycles. The smallest absolute Gasteiger partial charge is 0.243 e. The molecule has 10 heteroatoms. The Morgan fingerprint density at radius 1 is 1.03 bits per heavy atom. The summed E-state index contributed by atoms with van der Waals surface area (Å²) < 4.78 is 29.4. The molecule has 0 atom stereocenters. The van der Waals surface area contributed by atoms with Gasteiger partial charge in [-0.2, -0.15) is 4.31 Å². The number of rotatable bonds is 6. The second-order valence-electron chi connectivity index (χ2n) is 7.66. The molecule has 1 aromatic heterocycles. The minimum absolute atomic E-state index is 0.0406. The molecule has 1 fully saturated rings. The molecule has 0 bridgehead atoms. The fourth-order valence-corrected chi connectivity index (χ4v) is 6.17. The van der Waals surface area contributed by atoms with Gasteiger partial charge in [0.25, 0.3) is 0 Å². The summed E-state index contributed by atoms with van der Waals surface area (Å²) in [5.41, 5.74) is 2.69. The van der Waals surface area contributed by atoms with Crippen molar-refractivity contribution in [2.24, 2.45) is 0 Å². The Kier molecular flexibility index (Phi) is 6.63. The summed E-state index contributed by atoms with van der Waals surface area (Å²) in [6.45, 7) is 5.06. The second-order valence-corrected chi connectivity index (χ2v) is 10.5. The predicted molar refractivity (Wildman–Crippen MR) is 123 cm³/mol. The van der Waals surface area contributed by atoms with Crippen molar-refractivity contribution < 1.29 is 13.2 Å². The lowest BCUT2D eigenvalue weighted by Gasteiger charge is -2.34. The van der Waals surface area contributed by atoms with Crippen LogP contribution >= 0.6 is 11.8 Å². The molecule has 1 amide bonds. The van der Waals surface area contributed by atoms with Gasteiger partial charge in [-0.05, 0) is 37.6 Å². The van der Waals surface area contributed by atoms with Gasteiger partial charge in [0.15, 0.2) is 5.16 Å². The average molecular weight is 472 g/mol. The zero-order valence-corrected chi connectivity index (χ0v) is 19.6. The molecule has 0 unspecified atom stereocenters. The van der Waals surface area contributed by atoms with Crippen LogP contribution < -0.4 is 0 Å². The van der Waals surface area contributed by atoms with Gasteiger partial charge in [-0.15, -0.1) is 10.2 Å². The Balaban J connectivity index is 1.35. The summed E-state index contributed by atoms with van der Waals surface area (Å²) in [4.78, 5) is 14.8. The first-order valence-corrected chi connectivity index (χ1v) is 12.7. The van der Waals surface area contributed by atoms with E-state index in [9.17, 15) is 13.2 Å². The first-order valence-electron chi connectivity index (χ1n) is 10.3. The van der Waals surface area contributed by atoms with E-state index in [0.717, 1.165) is 16.8 Å². The van der Waals surface area contributed by atoms with Crippen LogP contribution in [0.2, 0.25) is 0 Å². The number of thioether (sulfide) groups is 1. The molecule has 1 aliphatic heterocycles.